The van der Waals surface area contributed by atoms with Crippen molar-refractivity contribution >= 4 is 15.9 Å². The molecule has 0 radical (unpaired) electrons. The largest absolute Gasteiger partial charge is 0.299 e. The lowest BCUT2D eigenvalue weighted by atomic mass is 9.81. The Kier molecular flexibility index (Phi) is 1.72. The Morgan fingerprint density at radius 1 is 1.43 bits per heavy atom. The number of hydrogen-bond donors (Lipinski definition) is 1. The van der Waals surface area contributed by atoms with Crippen LogP contribution >= 0.6 is 0 Å². The van der Waals surface area contributed by atoms with E-state index in [4.69, 9.17) is 0 Å². The summed E-state index contributed by atoms with van der Waals surface area (Å²) in [6, 6.07) is 0. The van der Waals surface area contributed by atoms with Crippen LogP contribution in [0.4, 0.5) is 0 Å². The highest BCUT2D eigenvalue weighted by molar-refractivity contribution is 7.87. The van der Waals surface area contributed by atoms with Crippen LogP contribution in [0.15, 0.2) is 0 Å². The first-order valence-corrected chi connectivity index (χ1v) is 6.16. The Labute approximate surface area is 83.4 Å². The van der Waals surface area contributed by atoms with Gasteiger partial charge in [-0.15, -0.1) is 0 Å². The van der Waals surface area contributed by atoms with Crippen molar-refractivity contribution in [3.8, 4) is 0 Å². The summed E-state index contributed by atoms with van der Waals surface area (Å²) in [6.45, 7) is 3.53. The molecular formula is C9H14O4S. The number of ketones is 1. The van der Waals surface area contributed by atoms with Crippen molar-refractivity contribution in [1.82, 2.24) is 0 Å². The predicted octanol–water partition coefficient (Wildman–Crippen LogP) is 1.02. The molecule has 0 amide bonds. The van der Waals surface area contributed by atoms with Gasteiger partial charge in [-0.05, 0) is 18.3 Å². The number of rotatable bonds is 1. The Bertz CT molecular complexity index is 395. The lowest BCUT2D eigenvalue weighted by Gasteiger charge is -2.33. The smallest absolute Gasteiger partial charge is 0.271 e. The second-order valence-electron chi connectivity index (χ2n) is 4.93. The van der Waals surface area contributed by atoms with E-state index in [-0.39, 0.29) is 18.1 Å². The minimum absolute atomic E-state index is 0.0104. The van der Waals surface area contributed by atoms with Crippen molar-refractivity contribution in [2.75, 3.05) is 0 Å². The normalized spacial score (nSPS) is 40.5. The number of hydrogen-bond acceptors (Lipinski definition) is 3. The molecule has 2 unspecified atom stereocenters. The molecule has 0 heterocycles. The molecule has 1 N–H and O–H groups in total. The molecule has 2 bridgehead atoms. The third-order valence-corrected chi connectivity index (χ3v) is 6.09. The van der Waals surface area contributed by atoms with Crippen LogP contribution in [0, 0.1) is 11.3 Å². The zero-order chi connectivity index (χ0) is 10.8. The molecular weight excluding hydrogens is 204 g/mol. The summed E-state index contributed by atoms with van der Waals surface area (Å²) in [5, 5.41) is 0. The highest BCUT2D eigenvalue weighted by Gasteiger charge is 2.69. The first-order valence-electron chi connectivity index (χ1n) is 4.72. The summed E-state index contributed by atoms with van der Waals surface area (Å²) < 4.78 is 30.8. The van der Waals surface area contributed by atoms with E-state index < -0.39 is 20.3 Å². The maximum absolute atomic E-state index is 11.5. The summed E-state index contributed by atoms with van der Waals surface area (Å²) in [7, 11) is -4.13. The fourth-order valence-electron chi connectivity index (χ4n) is 3.21. The third-order valence-electron chi connectivity index (χ3n) is 4.22. The SMILES string of the molecule is CC1(C)C2CCC1(S(=O)(=O)O)CC2=O. The minimum atomic E-state index is -4.13. The maximum atomic E-state index is 11.5. The lowest BCUT2D eigenvalue weighted by molar-refractivity contribution is -0.122. The molecule has 2 aliphatic rings. The molecule has 0 aromatic carbocycles. The standard InChI is InChI=1S/C9H14O4S/c1-8(2)6-3-4-9(8,5-7(6)10)14(11,12)13/h6H,3-5H2,1-2H3,(H,11,12,13). The van der Waals surface area contributed by atoms with E-state index in [0.717, 1.165) is 0 Å². The molecule has 4 nitrogen and oxygen atoms in total. The molecule has 2 atom stereocenters. The van der Waals surface area contributed by atoms with Gasteiger partial charge in [0.2, 0.25) is 0 Å². The molecule has 0 aliphatic heterocycles. The van der Waals surface area contributed by atoms with Gasteiger partial charge in [0.25, 0.3) is 10.1 Å². The zero-order valence-electron chi connectivity index (χ0n) is 8.28. The summed E-state index contributed by atoms with van der Waals surface area (Å²) in [5.41, 5.74) is -0.613. The average molecular weight is 218 g/mol. The lowest BCUT2D eigenvalue weighted by Crippen LogP contribution is -2.44. The first kappa shape index (κ1) is 10.1. The van der Waals surface area contributed by atoms with Crippen molar-refractivity contribution in [1.29, 1.82) is 0 Å². The average Bonchev–Trinajstić information content (AvgIpc) is 2.34. The van der Waals surface area contributed by atoms with E-state index in [9.17, 15) is 17.8 Å². The van der Waals surface area contributed by atoms with Gasteiger partial charge in [-0.25, -0.2) is 0 Å². The maximum Gasteiger partial charge on any atom is 0.271 e. The van der Waals surface area contributed by atoms with Gasteiger partial charge in [-0.1, -0.05) is 13.8 Å². The predicted molar refractivity (Wildman–Crippen MR) is 50.4 cm³/mol. The summed E-state index contributed by atoms with van der Waals surface area (Å²) in [5.74, 6) is -0.205. The second-order valence-corrected chi connectivity index (χ2v) is 6.66. The van der Waals surface area contributed by atoms with E-state index in [1.807, 2.05) is 0 Å². The molecule has 2 rings (SSSR count). The molecule has 5 heteroatoms. The van der Waals surface area contributed by atoms with Gasteiger partial charge in [0, 0.05) is 12.3 Å². The quantitative estimate of drug-likeness (QED) is 0.667. The number of Topliss-reactive ketones (excluding diaryl/α,β-unsaturated/α-hetero) is 1. The highest BCUT2D eigenvalue weighted by atomic mass is 32.2. The molecule has 0 aromatic rings. The number of carbonyl (C=O) groups excluding carboxylic acids is 1. The van der Waals surface area contributed by atoms with Crippen LogP contribution in [-0.2, 0) is 14.9 Å². The number of carbonyl (C=O) groups is 1. The molecule has 2 saturated carbocycles. The molecule has 14 heavy (non-hydrogen) atoms. The first-order chi connectivity index (χ1) is 6.22. The molecule has 0 spiro atoms. The van der Waals surface area contributed by atoms with Gasteiger partial charge in [0.05, 0.1) is 0 Å². The highest BCUT2D eigenvalue weighted by Crippen LogP contribution is 2.61. The summed E-state index contributed by atoms with van der Waals surface area (Å²) >= 11 is 0. The minimum Gasteiger partial charge on any atom is -0.299 e. The summed E-state index contributed by atoms with van der Waals surface area (Å²) in [4.78, 5) is 11.5. The van der Waals surface area contributed by atoms with E-state index >= 15 is 0 Å². The van der Waals surface area contributed by atoms with Crippen LogP contribution in [0.2, 0.25) is 0 Å². The van der Waals surface area contributed by atoms with Crippen LogP contribution in [-0.4, -0.2) is 23.5 Å². The van der Waals surface area contributed by atoms with Gasteiger partial charge in [0.1, 0.15) is 10.5 Å². The summed E-state index contributed by atoms with van der Waals surface area (Å²) in [6.07, 6.45) is 0.990. The van der Waals surface area contributed by atoms with Gasteiger partial charge >= 0.3 is 0 Å². The Balaban J connectivity index is 2.62. The van der Waals surface area contributed by atoms with Gasteiger partial charge in [-0.2, -0.15) is 8.42 Å². The molecule has 80 valence electrons. The van der Waals surface area contributed by atoms with Crippen molar-refractivity contribution in [2.24, 2.45) is 11.3 Å². The van der Waals surface area contributed by atoms with Crippen LogP contribution in [0.5, 0.6) is 0 Å². The molecule has 2 fully saturated rings. The van der Waals surface area contributed by atoms with Crippen LogP contribution in [0.1, 0.15) is 33.1 Å². The molecule has 2 aliphatic carbocycles. The Morgan fingerprint density at radius 3 is 2.21 bits per heavy atom. The van der Waals surface area contributed by atoms with Crippen LogP contribution in [0.3, 0.4) is 0 Å². The van der Waals surface area contributed by atoms with Gasteiger partial charge in [0.15, 0.2) is 0 Å². The van der Waals surface area contributed by atoms with E-state index in [1.54, 1.807) is 13.8 Å². The fourth-order valence-corrected chi connectivity index (χ4v) is 4.72. The van der Waals surface area contributed by atoms with Gasteiger partial charge < -0.3 is 0 Å². The fraction of sp³-hybridized carbons (Fsp3) is 0.889. The number of fused-ring (bicyclic) bond motifs is 2. The molecule has 0 aromatic heterocycles. The van der Waals surface area contributed by atoms with Crippen LogP contribution < -0.4 is 0 Å². The topological polar surface area (TPSA) is 71.4 Å². The van der Waals surface area contributed by atoms with E-state index in [1.165, 1.54) is 0 Å². The van der Waals surface area contributed by atoms with Crippen molar-refractivity contribution in [2.45, 2.75) is 37.9 Å². The Morgan fingerprint density at radius 2 is 2.00 bits per heavy atom. The third kappa shape index (κ3) is 0.871. The van der Waals surface area contributed by atoms with Gasteiger partial charge in [-0.3, -0.25) is 9.35 Å². The Hall–Kier alpha value is -0.420. The van der Waals surface area contributed by atoms with Crippen molar-refractivity contribution < 1.29 is 17.8 Å². The van der Waals surface area contributed by atoms with Crippen LogP contribution in [0.25, 0.3) is 0 Å². The van der Waals surface area contributed by atoms with E-state index in [0.29, 0.717) is 12.8 Å². The van der Waals surface area contributed by atoms with Crippen molar-refractivity contribution in [3.63, 3.8) is 0 Å². The van der Waals surface area contributed by atoms with E-state index in [2.05, 4.69) is 0 Å². The zero-order valence-corrected chi connectivity index (χ0v) is 9.10. The monoisotopic (exact) mass is 218 g/mol. The second kappa shape index (κ2) is 2.39. The van der Waals surface area contributed by atoms with Crippen molar-refractivity contribution in [3.05, 3.63) is 0 Å². The molecule has 0 saturated heterocycles.